The number of ether oxygens (including phenoxy) is 1. The van der Waals surface area contributed by atoms with E-state index < -0.39 is 46.6 Å². The smallest absolute Gasteiger partial charge is 0.186 e. The van der Waals surface area contributed by atoms with Gasteiger partial charge in [-0.15, -0.1) is 0 Å². The number of hydrogen-bond acceptors (Lipinski definition) is 5. The molecule has 1 spiro atoms. The van der Waals surface area contributed by atoms with E-state index in [0.717, 1.165) is 0 Å². The number of anilines is 1. The van der Waals surface area contributed by atoms with Gasteiger partial charge in [0.1, 0.15) is 28.8 Å². The summed E-state index contributed by atoms with van der Waals surface area (Å²) in [6, 6.07) is 21.3. The lowest BCUT2D eigenvalue weighted by Gasteiger charge is -2.37. The first kappa shape index (κ1) is 25.1. The topological polar surface area (TPSA) is 63.7 Å². The molecule has 7 rings (SSSR count). The van der Waals surface area contributed by atoms with Crippen molar-refractivity contribution < 1.29 is 27.9 Å². The number of fused-ring (bicyclic) bond motifs is 5. The molecule has 3 aliphatic rings. The summed E-state index contributed by atoms with van der Waals surface area (Å²) in [6.07, 6.45) is 3.42. The molecule has 4 aromatic carbocycles. The van der Waals surface area contributed by atoms with Gasteiger partial charge in [0.15, 0.2) is 17.3 Å². The van der Waals surface area contributed by atoms with Crippen molar-refractivity contribution in [3.8, 4) is 5.75 Å². The molecule has 0 N–H and O–H groups in total. The zero-order valence-electron chi connectivity index (χ0n) is 21.9. The van der Waals surface area contributed by atoms with Gasteiger partial charge in [-0.05, 0) is 48.0 Å². The number of ketones is 3. The molecule has 0 unspecified atom stereocenters. The highest BCUT2D eigenvalue weighted by Crippen LogP contribution is 2.61. The zero-order chi connectivity index (χ0) is 28.5. The largest absolute Gasteiger partial charge is 0.497 e. The fourth-order valence-corrected chi connectivity index (χ4v) is 6.94. The number of Topliss-reactive ketones (excluding diaryl/α,β-unsaturated/α-hetero) is 3. The molecule has 4 aromatic rings. The maximum atomic E-state index is 14.6. The van der Waals surface area contributed by atoms with E-state index in [9.17, 15) is 23.2 Å². The van der Waals surface area contributed by atoms with Gasteiger partial charge in [-0.25, -0.2) is 8.78 Å². The lowest BCUT2D eigenvalue weighted by Crippen LogP contribution is -2.48. The highest BCUT2D eigenvalue weighted by Gasteiger charge is 2.71. The second-order valence-corrected chi connectivity index (χ2v) is 10.6. The monoisotopic (exact) mass is 547 g/mol. The van der Waals surface area contributed by atoms with Crippen molar-refractivity contribution in [3.05, 3.63) is 137 Å². The van der Waals surface area contributed by atoms with E-state index in [-0.39, 0.29) is 16.9 Å². The first-order valence-corrected chi connectivity index (χ1v) is 13.2. The Morgan fingerprint density at radius 3 is 2.20 bits per heavy atom. The summed E-state index contributed by atoms with van der Waals surface area (Å²) in [6.45, 7) is 0. The van der Waals surface area contributed by atoms with E-state index in [2.05, 4.69) is 0 Å². The molecule has 2 aliphatic heterocycles. The number of methoxy groups -OCH3 is 1. The molecule has 3 atom stereocenters. The second-order valence-electron chi connectivity index (χ2n) is 10.6. The fraction of sp³-hybridized carbons (Fsp3) is 0.147. The van der Waals surface area contributed by atoms with Crippen LogP contribution >= 0.6 is 0 Å². The Morgan fingerprint density at radius 1 is 0.829 bits per heavy atom. The van der Waals surface area contributed by atoms with Crippen molar-refractivity contribution in [2.24, 2.45) is 5.41 Å². The van der Waals surface area contributed by atoms with Crippen LogP contribution in [0.5, 0.6) is 5.75 Å². The molecular weight excluding hydrogens is 524 g/mol. The van der Waals surface area contributed by atoms with Gasteiger partial charge in [0, 0.05) is 33.9 Å². The Hall–Kier alpha value is -4.91. The van der Waals surface area contributed by atoms with E-state index in [1.165, 1.54) is 43.5 Å². The standard InChI is InChI=1S/C34H23F2NO4/c1-41-24-6-4-5-21(18-24)31(38)30-29(19-9-12-22(35)13-10-19)34(32(39)25-7-2-3-8-26(25)33(34)40)28-16-11-20-17-23(36)14-15-27(20)37(28)30/h2-18,28-30H,1H3/t28-,29-,30+/m1/s1. The van der Waals surface area contributed by atoms with Crippen LogP contribution in [0.15, 0.2) is 97.1 Å². The molecule has 0 bridgehead atoms. The van der Waals surface area contributed by atoms with E-state index in [4.69, 9.17) is 4.74 Å². The fourth-order valence-electron chi connectivity index (χ4n) is 6.94. The third-order valence-corrected chi connectivity index (χ3v) is 8.62. The molecule has 0 amide bonds. The van der Waals surface area contributed by atoms with Crippen molar-refractivity contribution in [3.63, 3.8) is 0 Å². The minimum atomic E-state index is -1.72. The summed E-state index contributed by atoms with van der Waals surface area (Å²) in [4.78, 5) is 45.5. The molecule has 202 valence electrons. The van der Waals surface area contributed by atoms with Crippen molar-refractivity contribution in [2.75, 3.05) is 12.0 Å². The van der Waals surface area contributed by atoms with E-state index in [1.54, 1.807) is 71.6 Å². The average molecular weight is 548 g/mol. The SMILES string of the molecule is COc1cccc(C(=O)[C@@H]2[C@@H](c3ccc(F)cc3)C3(C(=O)c4ccccc4C3=O)[C@H]3C=Cc4cc(F)ccc4N23)c1. The number of halogens is 2. The van der Waals surface area contributed by atoms with Crippen molar-refractivity contribution in [1.82, 2.24) is 0 Å². The van der Waals surface area contributed by atoms with Crippen LogP contribution in [0.3, 0.4) is 0 Å². The van der Waals surface area contributed by atoms with Crippen LogP contribution in [0.2, 0.25) is 0 Å². The van der Waals surface area contributed by atoms with Gasteiger partial charge < -0.3 is 9.64 Å². The molecule has 1 saturated heterocycles. The Morgan fingerprint density at radius 2 is 1.51 bits per heavy atom. The summed E-state index contributed by atoms with van der Waals surface area (Å²) >= 11 is 0. The van der Waals surface area contributed by atoms with Gasteiger partial charge in [-0.3, -0.25) is 14.4 Å². The Bertz CT molecular complexity index is 1760. The lowest BCUT2D eigenvalue weighted by molar-refractivity contribution is 0.0666. The molecule has 5 nitrogen and oxygen atoms in total. The van der Waals surface area contributed by atoms with Gasteiger partial charge in [0.25, 0.3) is 0 Å². The second kappa shape index (κ2) is 9.06. The maximum Gasteiger partial charge on any atom is 0.186 e. The first-order valence-electron chi connectivity index (χ1n) is 13.2. The van der Waals surface area contributed by atoms with Gasteiger partial charge >= 0.3 is 0 Å². The number of rotatable bonds is 4. The van der Waals surface area contributed by atoms with Crippen molar-refractivity contribution in [2.45, 2.75) is 18.0 Å². The van der Waals surface area contributed by atoms with E-state index in [1.807, 2.05) is 0 Å². The minimum absolute atomic E-state index is 0.289. The van der Waals surface area contributed by atoms with Crippen LogP contribution in [0.4, 0.5) is 14.5 Å². The summed E-state index contributed by atoms with van der Waals surface area (Å²) < 4.78 is 33.9. The average Bonchev–Trinajstić information content (AvgIpc) is 3.43. The molecular formula is C34H23F2NO4. The maximum absolute atomic E-state index is 14.6. The summed E-state index contributed by atoms with van der Waals surface area (Å²) in [5.41, 5.74) is 0.716. The van der Waals surface area contributed by atoms with Crippen LogP contribution in [0.1, 0.15) is 48.1 Å². The van der Waals surface area contributed by atoms with Crippen LogP contribution in [-0.2, 0) is 0 Å². The number of carbonyl (C=O) groups is 3. The molecule has 1 aliphatic carbocycles. The van der Waals surface area contributed by atoms with Gasteiger partial charge in [-0.2, -0.15) is 0 Å². The molecule has 1 fully saturated rings. The summed E-state index contributed by atoms with van der Waals surface area (Å²) in [5.74, 6) is -2.58. The lowest BCUT2D eigenvalue weighted by atomic mass is 9.64. The first-order chi connectivity index (χ1) is 19.9. The number of hydrogen-bond donors (Lipinski definition) is 0. The Labute approximate surface area is 234 Å². The number of benzene rings is 4. The molecule has 0 aromatic heterocycles. The minimum Gasteiger partial charge on any atom is -0.497 e. The summed E-state index contributed by atoms with van der Waals surface area (Å²) in [7, 11) is 1.50. The van der Waals surface area contributed by atoms with Crippen LogP contribution in [-0.4, -0.2) is 36.5 Å². The predicted molar refractivity (Wildman–Crippen MR) is 149 cm³/mol. The number of carbonyl (C=O) groups excluding carboxylic acids is 3. The Kier molecular flexibility index (Phi) is 5.54. The number of nitrogens with zero attached hydrogens (tertiary/aromatic N) is 1. The molecule has 7 heteroatoms. The summed E-state index contributed by atoms with van der Waals surface area (Å²) in [5, 5.41) is 0. The van der Waals surface area contributed by atoms with Crippen molar-refractivity contribution in [1.29, 1.82) is 0 Å². The predicted octanol–water partition coefficient (Wildman–Crippen LogP) is 6.29. The molecule has 2 heterocycles. The molecule has 0 radical (unpaired) electrons. The van der Waals surface area contributed by atoms with E-state index in [0.29, 0.717) is 28.1 Å². The zero-order valence-corrected chi connectivity index (χ0v) is 21.9. The van der Waals surface area contributed by atoms with Crippen molar-refractivity contribution >= 4 is 29.1 Å². The quantitative estimate of drug-likeness (QED) is 0.222. The van der Waals surface area contributed by atoms with Gasteiger partial charge in [0.2, 0.25) is 0 Å². The molecule has 41 heavy (non-hydrogen) atoms. The Balaban J connectivity index is 1.54. The third kappa shape index (κ3) is 3.41. The van der Waals surface area contributed by atoms with Gasteiger partial charge in [-0.1, -0.05) is 60.7 Å². The van der Waals surface area contributed by atoms with Crippen LogP contribution in [0.25, 0.3) is 6.08 Å². The van der Waals surface area contributed by atoms with E-state index >= 15 is 0 Å². The van der Waals surface area contributed by atoms with Crippen LogP contribution in [0, 0.1) is 17.0 Å². The highest BCUT2D eigenvalue weighted by molar-refractivity contribution is 6.32. The highest BCUT2D eigenvalue weighted by atomic mass is 19.1. The normalized spacial score (nSPS) is 21.5. The van der Waals surface area contributed by atoms with Crippen LogP contribution < -0.4 is 9.64 Å². The molecule has 0 saturated carbocycles. The third-order valence-electron chi connectivity index (χ3n) is 8.62. The van der Waals surface area contributed by atoms with Gasteiger partial charge in [0.05, 0.1) is 13.2 Å².